The monoisotopic (exact) mass is 1600 g/mol. The summed E-state index contributed by atoms with van der Waals surface area (Å²) in [5.41, 5.74) is -1.39. The highest BCUT2D eigenvalue weighted by atomic mass is 16.7. The lowest BCUT2D eigenvalue weighted by Gasteiger charge is -2.40. The minimum atomic E-state index is -1.39. The fraction of sp³-hybridized carbons (Fsp3) is 0.893. The number of ether oxygens (including phenoxy) is 9. The number of β-amino-alcohol motifs (C(OH)–C–C–N with tert-alkyl or cyclic N) is 1. The Morgan fingerprint density at radius 1 is 0.351 bits per heavy atom. The second-order valence-electron chi connectivity index (χ2n) is 29.7. The summed E-state index contributed by atoms with van der Waals surface area (Å²) in [5.74, 6) is -3.61. The van der Waals surface area contributed by atoms with Gasteiger partial charge in [-0.15, -0.1) is 0 Å². The van der Waals surface area contributed by atoms with E-state index in [0.29, 0.717) is 103 Å². The van der Waals surface area contributed by atoms with Gasteiger partial charge >= 0.3 is 0 Å². The van der Waals surface area contributed by atoms with Crippen LogP contribution in [0.1, 0.15) is 188 Å². The third-order valence-electron chi connectivity index (χ3n) is 20.2. The van der Waals surface area contributed by atoms with Gasteiger partial charge in [0.2, 0.25) is 47.3 Å². The second-order valence-corrected chi connectivity index (χ2v) is 29.7. The van der Waals surface area contributed by atoms with Crippen molar-refractivity contribution in [2.24, 2.45) is 17.8 Å². The predicted octanol–water partition coefficient (Wildman–Crippen LogP) is -2.43. The summed E-state index contributed by atoms with van der Waals surface area (Å²) in [5, 5.41) is 129. The van der Waals surface area contributed by atoms with Crippen molar-refractivity contribution in [2.45, 2.75) is 279 Å². The predicted molar refractivity (Wildman–Crippen MR) is 399 cm³/mol. The zero-order chi connectivity index (χ0) is 81.4. The van der Waals surface area contributed by atoms with E-state index in [4.69, 9.17) is 42.6 Å². The SMILES string of the molecule is CC1C(OCCCCC(=O)NCCCNC(=O)CCOCC(COCCC(=O)NCCCNC(=O)CCCCOC2OC(CO)C(O)C(O)C2C)(COCCC(=O)NCCCNC(=O)CCCCOC2OC(CO)C(O)C(O)C2C)NC(=O)CCCCCCCCCCC(=O)N2C[C@H](O)C[C@H]2CO)OC(CO)C(O)C1O. The molecule has 4 saturated heterocycles. The Hall–Kier alpha value is -5.04. The minimum Gasteiger partial charge on any atom is -0.394 e. The molecule has 4 aliphatic rings. The maximum absolute atomic E-state index is 14.0. The van der Waals surface area contributed by atoms with Crippen LogP contribution in [-0.2, 0) is 81.0 Å². The van der Waals surface area contributed by atoms with Crippen molar-refractivity contribution in [3.8, 4) is 0 Å². The van der Waals surface area contributed by atoms with Crippen LogP contribution in [-0.4, -0.2) is 332 Å². The molecule has 0 radical (unpaired) electrons. The fourth-order valence-corrected chi connectivity index (χ4v) is 13.2. The maximum atomic E-state index is 14.0. The van der Waals surface area contributed by atoms with Gasteiger partial charge in [-0.25, -0.2) is 0 Å². The number of unbranched alkanes of at least 4 members (excludes halogenated alkanes) is 10. The molecule has 0 aromatic heterocycles. The molecular formula is C75H136N8O28. The van der Waals surface area contributed by atoms with Crippen molar-refractivity contribution in [3.63, 3.8) is 0 Å². The number of nitrogens with zero attached hydrogens (tertiary/aromatic N) is 1. The first-order chi connectivity index (χ1) is 53.4. The van der Waals surface area contributed by atoms with Crippen molar-refractivity contribution in [2.75, 3.05) is 132 Å². The van der Waals surface area contributed by atoms with Crippen LogP contribution in [0.25, 0.3) is 0 Å². The summed E-state index contributed by atoms with van der Waals surface area (Å²) in [7, 11) is 0. The highest BCUT2D eigenvalue weighted by Gasteiger charge is 2.45. The third kappa shape index (κ3) is 39.0. The van der Waals surface area contributed by atoms with Gasteiger partial charge in [-0.05, 0) is 77.0 Å². The molecule has 4 rings (SSSR count). The number of carbonyl (C=O) groups is 8. The second kappa shape index (κ2) is 57.1. The molecular weight excluding hydrogens is 1460 g/mol. The van der Waals surface area contributed by atoms with E-state index in [1.165, 1.54) is 0 Å². The summed E-state index contributed by atoms with van der Waals surface area (Å²) in [4.78, 5) is 105. The zero-order valence-electron chi connectivity index (χ0n) is 65.6. The molecule has 36 heteroatoms. The van der Waals surface area contributed by atoms with Gasteiger partial charge in [-0.1, -0.05) is 59.3 Å². The maximum Gasteiger partial charge on any atom is 0.222 e. The molecule has 0 saturated carbocycles. The molecule has 0 spiro atoms. The Balaban J connectivity index is 1.26. The number of likely N-dealkylation sites (tertiary alicyclic amines) is 1. The lowest BCUT2D eigenvalue weighted by molar-refractivity contribution is -0.282. The minimum absolute atomic E-state index is 0.0650. The number of hydrogen-bond acceptors (Lipinski definition) is 28. The first kappa shape index (κ1) is 98.3. The summed E-state index contributed by atoms with van der Waals surface area (Å²) < 4.78 is 52.3. The molecule has 36 nitrogen and oxygen atoms in total. The molecule has 111 heavy (non-hydrogen) atoms. The largest absolute Gasteiger partial charge is 0.394 e. The number of nitrogens with one attached hydrogen (secondary N) is 7. The Labute approximate surface area is 652 Å². The van der Waals surface area contributed by atoms with Crippen LogP contribution in [0.4, 0.5) is 0 Å². The van der Waals surface area contributed by atoms with Gasteiger partial charge < -0.3 is 141 Å². The standard InChI is InChI=1S/C75H136N8O28/c1-50-66(97)69(100)55(44-85)109-72(50)106-35-15-12-21-58(89)76-29-18-32-79-61(92)26-38-103-47-75(82-64(95)24-10-8-6-4-5-7-9-11-25-65(96)83-42-54(88)41-53(83)43-84,48-104-39-27-62(93)80-33-19-30-77-59(90)22-13-16-36-107-73-51(2)67(98)70(101)56(45-86)110-73)49-105-40-28-63(94)81-34-20-31-78-60(91)23-14-17-37-108-74-52(3)68(99)71(102)57(46-87)111-74/h50-57,66-74,84-88,97-102H,4-49H2,1-3H3,(H,76,89)(H,77,90)(H,78,91)(H,79,92)(H,80,93)(H,81,94)(H,82,95)/t50?,51?,52?,53-,54+,55?,56?,57?,66?,67?,68?,69?,70?,71?,72?,73?,74?,75?/m0/s1. The molecule has 4 aliphatic heterocycles. The van der Waals surface area contributed by atoms with Crippen LogP contribution in [0.15, 0.2) is 0 Å². The van der Waals surface area contributed by atoms with Gasteiger partial charge in [-0.3, -0.25) is 38.4 Å². The highest BCUT2D eigenvalue weighted by molar-refractivity contribution is 5.79. The van der Waals surface area contributed by atoms with E-state index in [2.05, 4.69) is 37.2 Å². The van der Waals surface area contributed by atoms with Crippen molar-refractivity contribution in [1.29, 1.82) is 0 Å². The van der Waals surface area contributed by atoms with E-state index in [1.54, 1.807) is 25.7 Å². The highest BCUT2D eigenvalue weighted by Crippen LogP contribution is 2.30. The molecule has 0 aliphatic carbocycles. The quantitative estimate of drug-likeness (QED) is 0.0282. The number of amides is 8. The number of aliphatic hydroxyl groups excluding tert-OH is 11. The summed E-state index contributed by atoms with van der Waals surface area (Å²) in [6.07, 6.45) is -1.05. The summed E-state index contributed by atoms with van der Waals surface area (Å²) in [6.45, 7) is 5.00. The number of rotatable bonds is 61. The summed E-state index contributed by atoms with van der Waals surface area (Å²) in [6, 6.07) is -0.351. The van der Waals surface area contributed by atoms with E-state index in [-0.39, 0.29) is 190 Å². The van der Waals surface area contributed by atoms with Gasteiger partial charge in [0.1, 0.15) is 42.2 Å². The first-order valence-corrected chi connectivity index (χ1v) is 40.3. The lowest BCUT2D eigenvalue weighted by Crippen LogP contribution is -2.58. The molecule has 17 atom stereocenters. The van der Waals surface area contributed by atoms with Crippen LogP contribution in [0.3, 0.4) is 0 Å². The number of carbonyl (C=O) groups excluding carboxylic acids is 8. The topological polar surface area (TPSA) is 530 Å². The van der Waals surface area contributed by atoms with Crippen LogP contribution in [0, 0.1) is 17.8 Å². The van der Waals surface area contributed by atoms with Gasteiger partial charge in [0, 0.05) is 135 Å². The molecule has 8 amide bonds. The van der Waals surface area contributed by atoms with E-state index in [0.717, 1.165) is 38.5 Å². The molecule has 4 fully saturated rings. The molecule has 644 valence electrons. The number of aliphatic hydroxyl groups is 11. The van der Waals surface area contributed by atoms with Crippen LogP contribution in [0.5, 0.6) is 0 Å². The van der Waals surface area contributed by atoms with Crippen LogP contribution >= 0.6 is 0 Å². The zero-order valence-corrected chi connectivity index (χ0v) is 65.6. The molecule has 15 unspecified atom stereocenters. The van der Waals surface area contributed by atoms with Crippen molar-refractivity contribution in [1.82, 2.24) is 42.1 Å². The molecule has 18 N–H and O–H groups in total. The van der Waals surface area contributed by atoms with Gasteiger partial charge in [-0.2, -0.15) is 0 Å². The Bertz CT molecular complexity index is 2400. The van der Waals surface area contributed by atoms with Gasteiger partial charge in [0.05, 0.1) is 96.5 Å². The van der Waals surface area contributed by atoms with Crippen LogP contribution in [0.2, 0.25) is 0 Å². The van der Waals surface area contributed by atoms with Crippen molar-refractivity contribution in [3.05, 3.63) is 0 Å². The van der Waals surface area contributed by atoms with Crippen LogP contribution < -0.4 is 37.2 Å². The molecule has 0 aromatic rings. The Morgan fingerprint density at radius 3 is 0.955 bits per heavy atom. The lowest BCUT2D eigenvalue weighted by atomic mass is 9.92. The van der Waals surface area contributed by atoms with E-state index in [9.17, 15) is 94.5 Å². The van der Waals surface area contributed by atoms with E-state index < -0.39 is 123 Å². The Morgan fingerprint density at radius 2 is 0.640 bits per heavy atom. The molecule has 0 bridgehead atoms. The Kier molecular flexibility index (Phi) is 50.6. The first-order valence-electron chi connectivity index (χ1n) is 40.3. The van der Waals surface area contributed by atoms with E-state index in [1.807, 2.05) is 0 Å². The van der Waals surface area contributed by atoms with Crippen molar-refractivity contribution >= 4 is 47.3 Å². The van der Waals surface area contributed by atoms with E-state index >= 15 is 0 Å². The molecule has 0 aromatic carbocycles. The van der Waals surface area contributed by atoms with Gasteiger partial charge in [0.15, 0.2) is 18.9 Å². The van der Waals surface area contributed by atoms with Crippen molar-refractivity contribution < 1.29 is 137 Å². The average molecular weight is 1600 g/mol. The normalized spacial score (nSPS) is 26.5. The van der Waals surface area contributed by atoms with Gasteiger partial charge in [0.25, 0.3) is 0 Å². The fourth-order valence-electron chi connectivity index (χ4n) is 13.2. The number of hydrogen-bond donors (Lipinski definition) is 18. The summed E-state index contributed by atoms with van der Waals surface area (Å²) >= 11 is 0. The molecule has 4 heterocycles. The smallest absolute Gasteiger partial charge is 0.222 e. The third-order valence-corrected chi connectivity index (χ3v) is 20.2. The average Bonchev–Trinajstić information content (AvgIpc) is 1.48.